The van der Waals surface area contributed by atoms with Crippen LogP contribution in [0.3, 0.4) is 0 Å². The quantitative estimate of drug-likeness (QED) is 0.561. The van der Waals surface area contributed by atoms with Crippen LogP contribution in [-0.4, -0.2) is 43.8 Å². The first-order chi connectivity index (χ1) is 9.94. The van der Waals surface area contributed by atoms with Crippen LogP contribution in [0.5, 0.6) is 0 Å². The molecule has 0 spiro atoms. The third-order valence-electron chi connectivity index (χ3n) is 3.35. The van der Waals surface area contributed by atoms with Crippen LogP contribution in [0.2, 0.25) is 0 Å². The van der Waals surface area contributed by atoms with Gasteiger partial charge in [0, 0.05) is 47.6 Å². The lowest BCUT2D eigenvalue weighted by Gasteiger charge is -2.16. The van der Waals surface area contributed by atoms with Crippen LogP contribution in [0.4, 0.5) is 0 Å². The van der Waals surface area contributed by atoms with Crippen molar-refractivity contribution < 1.29 is 13.2 Å². The molecule has 1 aliphatic rings. The van der Waals surface area contributed by atoms with Crippen molar-refractivity contribution in [2.24, 2.45) is 5.92 Å². The van der Waals surface area contributed by atoms with Crippen molar-refractivity contribution in [2.75, 3.05) is 24.6 Å². The molecule has 0 radical (unpaired) electrons. The summed E-state index contributed by atoms with van der Waals surface area (Å²) >= 11 is 1.77. The van der Waals surface area contributed by atoms with Crippen LogP contribution in [0.25, 0.3) is 0 Å². The SMILES string of the molecule is O=C1CC(CS(=O)(=O)Cl)CN1CCSCc1ccccc1. The van der Waals surface area contributed by atoms with Gasteiger partial charge in [-0.05, 0) is 5.56 Å². The van der Waals surface area contributed by atoms with E-state index in [-0.39, 0.29) is 24.0 Å². The summed E-state index contributed by atoms with van der Waals surface area (Å²) in [6.45, 7) is 1.16. The first-order valence-electron chi connectivity index (χ1n) is 6.76. The average Bonchev–Trinajstić information content (AvgIpc) is 2.74. The van der Waals surface area contributed by atoms with Crippen molar-refractivity contribution in [2.45, 2.75) is 12.2 Å². The molecule has 1 amide bonds. The van der Waals surface area contributed by atoms with Crippen molar-refractivity contribution in [1.82, 2.24) is 4.90 Å². The van der Waals surface area contributed by atoms with Gasteiger partial charge in [-0.3, -0.25) is 4.79 Å². The minimum Gasteiger partial charge on any atom is -0.342 e. The molecule has 21 heavy (non-hydrogen) atoms. The molecule has 1 heterocycles. The molecular formula is C14H18ClNO3S2. The van der Waals surface area contributed by atoms with Gasteiger partial charge in [0.05, 0.1) is 5.75 Å². The predicted octanol–water partition coefficient (Wildman–Crippen LogP) is 2.34. The topological polar surface area (TPSA) is 54.5 Å². The van der Waals surface area contributed by atoms with E-state index in [4.69, 9.17) is 10.7 Å². The fourth-order valence-electron chi connectivity index (χ4n) is 2.40. The number of thioether (sulfide) groups is 1. The van der Waals surface area contributed by atoms with Crippen molar-refractivity contribution in [3.63, 3.8) is 0 Å². The van der Waals surface area contributed by atoms with Crippen LogP contribution in [0.1, 0.15) is 12.0 Å². The third kappa shape index (κ3) is 5.88. The second-order valence-corrected chi connectivity index (χ2v) is 9.08. The second kappa shape index (κ2) is 7.51. The summed E-state index contributed by atoms with van der Waals surface area (Å²) in [5.74, 6) is 1.51. The highest BCUT2D eigenvalue weighted by Crippen LogP contribution is 2.21. The van der Waals surface area contributed by atoms with Gasteiger partial charge >= 0.3 is 0 Å². The van der Waals surface area contributed by atoms with E-state index < -0.39 is 9.05 Å². The molecule has 0 aromatic heterocycles. The number of carbonyl (C=O) groups is 1. The van der Waals surface area contributed by atoms with E-state index in [0.29, 0.717) is 13.1 Å². The fraction of sp³-hybridized carbons (Fsp3) is 0.500. The number of hydrogen-bond acceptors (Lipinski definition) is 4. The molecular weight excluding hydrogens is 330 g/mol. The number of amides is 1. The maximum absolute atomic E-state index is 11.8. The zero-order valence-electron chi connectivity index (χ0n) is 11.6. The molecule has 1 atom stereocenters. The summed E-state index contributed by atoms with van der Waals surface area (Å²) in [5, 5.41) is 0. The minimum atomic E-state index is -3.53. The lowest BCUT2D eigenvalue weighted by Crippen LogP contribution is -2.28. The van der Waals surface area contributed by atoms with Crippen molar-refractivity contribution in [3.8, 4) is 0 Å². The first kappa shape index (κ1) is 16.6. The van der Waals surface area contributed by atoms with Crippen LogP contribution in [0, 0.1) is 5.92 Å². The van der Waals surface area contributed by atoms with Gasteiger partial charge in [-0.2, -0.15) is 11.8 Å². The Morgan fingerprint density at radius 1 is 1.29 bits per heavy atom. The van der Waals surface area contributed by atoms with Gasteiger partial charge in [-0.1, -0.05) is 30.3 Å². The van der Waals surface area contributed by atoms with E-state index in [2.05, 4.69) is 12.1 Å². The molecule has 1 fully saturated rings. The zero-order valence-corrected chi connectivity index (χ0v) is 14.0. The number of hydrogen-bond donors (Lipinski definition) is 0. The van der Waals surface area contributed by atoms with Crippen LogP contribution in [-0.2, 0) is 19.6 Å². The van der Waals surface area contributed by atoms with Crippen LogP contribution >= 0.6 is 22.4 Å². The molecule has 1 saturated heterocycles. The smallest absolute Gasteiger partial charge is 0.232 e. The molecule has 2 rings (SSSR count). The van der Waals surface area contributed by atoms with Crippen molar-refractivity contribution in [1.29, 1.82) is 0 Å². The summed E-state index contributed by atoms with van der Waals surface area (Å²) in [5.41, 5.74) is 1.27. The number of nitrogens with zero attached hydrogens (tertiary/aromatic N) is 1. The highest BCUT2D eigenvalue weighted by atomic mass is 35.7. The lowest BCUT2D eigenvalue weighted by molar-refractivity contribution is -0.127. The Kier molecular flexibility index (Phi) is 5.96. The second-order valence-electron chi connectivity index (χ2n) is 5.15. The molecule has 1 unspecified atom stereocenters. The van der Waals surface area contributed by atoms with E-state index in [1.807, 2.05) is 18.2 Å². The van der Waals surface area contributed by atoms with Gasteiger partial charge < -0.3 is 4.90 Å². The van der Waals surface area contributed by atoms with E-state index in [0.717, 1.165) is 11.5 Å². The van der Waals surface area contributed by atoms with Crippen molar-refractivity contribution in [3.05, 3.63) is 35.9 Å². The molecule has 0 aliphatic carbocycles. The summed E-state index contributed by atoms with van der Waals surface area (Å²) in [7, 11) is 1.71. The molecule has 0 bridgehead atoms. The largest absolute Gasteiger partial charge is 0.342 e. The Bertz CT molecular complexity index is 577. The van der Waals surface area contributed by atoms with Gasteiger partial charge in [0.25, 0.3) is 0 Å². The van der Waals surface area contributed by atoms with E-state index in [1.165, 1.54) is 5.56 Å². The third-order valence-corrected chi connectivity index (χ3v) is 5.60. The highest BCUT2D eigenvalue weighted by molar-refractivity contribution is 8.13. The van der Waals surface area contributed by atoms with Gasteiger partial charge in [0.2, 0.25) is 15.0 Å². The Labute approximate surface area is 134 Å². The lowest BCUT2D eigenvalue weighted by atomic mass is 10.1. The molecule has 4 nitrogen and oxygen atoms in total. The fourth-order valence-corrected chi connectivity index (χ4v) is 4.65. The van der Waals surface area contributed by atoms with Crippen LogP contribution < -0.4 is 0 Å². The maximum Gasteiger partial charge on any atom is 0.232 e. The first-order valence-corrected chi connectivity index (χ1v) is 10.4. The van der Waals surface area contributed by atoms with E-state index >= 15 is 0 Å². The summed E-state index contributed by atoms with van der Waals surface area (Å²) in [6.07, 6.45) is 0.287. The maximum atomic E-state index is 11.8. The van der Waals surface area contributed by atoms with E-state index in [9.17, 15) is 13.2 Å². The number of benzene rings is 1. The summed E-state index contributed by atoms with van der Waals surface area (Å²) < 4.78 is 22.1. The molecule has 116 valence electrons. The number of likely N-dealkylation sites (tertiary alicyclic amines) is 1. The van der Waals surface area contributed by atoms with Gasteiger partial charge in [-0.25, -0.2) is 8.42 Å². The molecule has 7 heteroatoms. The Balaban J connectivity index is 1.70. The summed E-state index contributed by atoms with van der Waals surface area (Å²) in [6, 6.07) is 10.2. The monoisotopic (exact) mass is 347 g/mol. The zero-order chi connectivity index (χ0) is 15.3. The van der Waals surface area contributed by atoms with Crippen LogP contribution in [0.15, 0.2) is 30.3 Å². The molecule has 1 aliphatic heterocycles. The number of halogens is 1. The van der Waals surface area contributed by atoms with Gasteiger partial charge in [-0.15, -0.1) is 0 Å². The predicted molar refractivity (Wildman–Crippen MR) is 86.9 cm³/mol. The Hall–Kier alpha value is -0.720. The molecule has 1 aromatic rings. The Morgan fingerprint density at radius 3 is 2.67 bits per heavy atom. The van der Waals surface area contributed by atoms with Crippen molar-refractivity contribution >= 4 is 37.4 Å². The molecule has 1 aromatic carbocycles. The summed E-state index contributed by atoms with van der Waals surface area (Å²) in [4.78, 5) is 13.6. The van der Waals surface area contributed by atoms with Gasteiger partial charge in [0.1, 0.15) is 0 Å². The average molecular weight is 348 g/mol. The highest BCUT2D eigenvalue weighted by Gasteiger charge is 2.31. The number of carbonyl (C=O) groups excluding carboxylic acids is 1. The molecule has 0 saturated carbocycles. The Morgan fingerprint density at radius 2 is 2.00 bits per heavy atom. The normalized spacial score (nSPS) is 19.2. The van der Waals surface area contributed by atoms with E-state index in [1.54, 1.807) is 16.7 Å². The molecule has 0 N–H and O–H groups in total. The standard InChI is InChI=1S/C14H18ClNO3S2/c15-21(18,19)11-13-8-14(17)16(9-13)6-7-20-10-12-4-2-1-3-5-12/h1-5,13H,6-11H2. The van der Waals surface area contributed by atoms with Gasteiger partial charge in [0.15, 0.2) is 0 Å². The number of rotatable bonds is 7. The minimum absolute atomic E-state index is 0.0284.